The number of benzene rings is 1. The van der Waals surface area contributed by atoms with E-state index in [0.717, 1.165) is 29.0 Å². The number of hydrogen-bond acceptors (Lipinski definition) is 5. The predicted octanol–water partition coefficient (Wildman–Crippen LogP) is 2.16. The molecule has 2 N–H and O–H groups in total. The van der Waals surface area contributed by atoms with Crippen LogP contribution in [-0.2, 0) is 11.3 Å². The van der Waals surface area contributed by atoms with Crippen molar-refractivity contribution in [2.45, 2.75) is 25.4 Å². The van der Waals surface area contributed by atoms with Gasteiger partial charge in [-0.15, -0.1) is 0 Å². The van der Waals surface area contributed by atoms with Crippen LogP contribution in [0.15, 0.2) is 36.9 Å². The largest absolute Gasteiger partial charge is 0.346 e. The van der Waals surface area contributed by atoms with Gasteiger partial charge in [0.2, 0.25) is 5.91 Å². The van der Waals surface area contributed by atoms with Crippen molar-refractivity contribution in [2.75, 3.05) is 12.0 Å². The fourth-order valence-electron chi connectivity index (χ4n) is 2.48. The Kier molecular flexibility index (Phi) is 5.47. The highest BCUT2D eigenvalue weighted by Gasteiger charge is 2.18. The molecular formula is C16H20N6OS. The Labute approximate surface area is 144 Å². The molecule has 2 aromatic heterocycles. The second kappa shape index (κ2) is 7.96. The lowest BCUT2D eigenvalue weighted by atomic mass is 10.2. The van der Waals surface area contributed by atoms with E-state index >= 15 is 0 Å². The Bertz CT molecular complexity index is 752. The average molecular weight is 344 g/mol. The van der Waals surface area contributed by atoms with Gasteiger partial charge < -0.3 is 10.3 Å². The van der Waals surface area contributed by atoms with Gasteiger partial charge in [-0.3, -0.25) is 9.48 Å². The van der Waals surface area contributed by atoms with E-state index in [0.29, 0.717) is 13.0 Å². The minimum atomic E-state index is -0.118. The minimum absolute atomic E-state index is 0.0166. The lowest BCUT2D eigenvalue weighted by Crippen LogP contribution is -2.30. The van der Waals surface area contributed by atoms with Crippen LogP contribution in [0.4, 0.5) is 0 Å². The lowest BCUT2D eigenvalue weighted by molar-refractivity contribution is -0.122. The smallest absolute Gasteiger partial charge is 0.222 e. The highest BCUT2D eigenvalue weighted by atomic mass is 32.2. The van der Waals surface area contributed by atoms with Gasteiger partial charge in [-0.1, -0.05) is 12.1 Å². The third kappa shape index (κ3) is 4.14. The maximum absolute atomic E-state index is 12.3. The summed E-state index contributed by atoms with van der Waals surface area (Å²) in [6, 6.07) is 7.77. The first-order chi connectivity index (χ1) is 11.8. The summed E-state index contributed by atoms with van der Waals surface area (Å²) in [5, 5.41) is 7.09. The summed E-state index contributed by atoms with van der Waals surface area (Å²) >= 11 is 1.75. The fourth-order valence-corrected chi connectivity index (χ4v) is 2.95. The number of aryl methyl sites for hydroxylation is 1. The lowest BCUT2D eigenvalue weighted by Gasteiger charge is -2.16. The van der Waals surface area contributed by atoms with Gasteiger partial charge in [0.15, 0.2) is 0 Å². The molecular weight excluding hydrogens is 324 g/mol. The molecule has 1 atom stereocenters. The van der Waals surface area contributed by atoms with Crippen molar-refractivity contribution in [3.8, 4) is 0 Å². The molecule has 3 aromatic rings. The van der Waals surface area contributed by atoms with E-state index in [1.807, 2.05) is 24.3 Å². The van der Waals surface area contributed by atoms with E-state index in [9.17, 15) is 4.79 Å². The number of para-hydroxylation sites is 2. The Hall–Kier alpha value is -2.35. The zero-order valence-corrected chi connectivity index (χ0v) is 14.3. The standard InChI is InChI=1S/C16H20N6OS/c1-24-9-7-14(16-20-12-4-2-3-5-13(12)21-16)19-15(23)6-8-22-11-17-10-18-22/h2-5,10-11,14H,6-9H2,1H3,(H,19,23)(H,20,21)/t14-/m0/s1. The summed E-state index contributed by atoms with van der Waals surface area (Å²) in [6.07, 6.45) is 6.32. The number of imidazole rings is 1. The van der Waals surface area contributed by atoms with Crippen molar-refractivity contribution in [2.24, 2.45) is 0 Å². The minimum Gasteiger partial charge on any atom is -0.346 e. The van der Waals surface area contributed by atoms with Gasteiger partial charge in [-0.25, -0.2) is 9.97 Å². The highest BCUT2D eigenvalue weighted by molar-refractivity contribution is 7.98. The molecule has 0 spiro atoms. The van der Waals surface area contributed by atoms with Crippen LogP contribution in [0.5, 0.6) is 0 Å². The van der Waals surface area contributed by atoms with E-state index in [-0.39, 0.29) is 11.9 Å². The maximum Gasteiger partial charge on any atom is 0.222 e. The molecule has 0 aliphatic rings. The molecule has 8 heteroatoms. The molecule has 3 rings (SSSR count). The van der Waals surface area contributed by atoms with Gasteiger partial charge in [0, 0.05) is 6.42 Å². The highest BCUT2D eigenvalue weighted by Crippen LogP contribution is 2.20. The van der Waals surface area contributed by atoms with Crippen LogP contribution in [0.25, 0.3) is 11.0 Å². The molecule has 1 aromatic carbocycles. The van der Waals surface area contributed by atoms with Gasteiger partial charge in [0.05, 0.1) is 23.6 Å². The summed E-state index contributed by atoms with van der Waals surface area (Å²) < 4.78 is 1.65. The molecule has 0 fully saturated rings. The van der Waals surface area contributed by atoms with Crippen LogP contribution in [-0.4, -0.2) is 42.6 Å². The number of nitrogens with one attached hydrogen (secondary N) is 2. The predicted molar refractivity (Wildman–Crippen MR) is 94.6 cm³/mol. The van der Waals surface area contributed by atoms with Crippen LogP contribution in [0.3, 0.4) is 0 Å². The molecule has 2 heterocycles. The first kappa shape index (κ1) is 16.5. The molecule has 0 bridgehead atoms. The molecule has 0 saturated heterocycles. The van der Waals surface area contributed by atoms with Gasteiger partial charge in [0.1, 0.15) is 18.5 Å². The Morgan fingerprint density at radius 2 is 2.29 bits per heavy atom. The number of thioether (sulfide) groups is 1. The number of aromatic amines is 1. The van der Waals surface area contributed by atoms with Crippen molar-refractivity contribution in [1.82, 2.24) is 30.0 Å². The van der Waals surface area contributed by atoms with Crippen LogP contribution in [0.2, 0.25) is 0 Å². The summed E-state index contributed by atoms with van der Waals surface area (Å²) in [5.41, 5.74) is 1.90. The van der Waals surface area contributed by atoms with Crippen LogP contribution < -0.4 is 5.32 Å². The van der Waals surface area contributed by atoms with E-state index in [4.69, 9.17) is 0 Å². The molecule has 0 unspecified atom stereocenters. The second-order valence-electron chi connectivity index (χ2n) is 5.45. The number of fused-ring (bicyclic) bond motifs is 1. The number of rotatable bonds is 8. The first-order valence-electron chi connectivity index (χ1n) is 7.81. The van der Waals surface area contributed by atoms with Gasteiger partial charge in [-0.2, -0.15) is 16.9 Å². The Balaban J connectivity index is 1.67. The van der Waals surface area contributed by atoms with E-state index in [1.54, 1.807) is 22.8 Å². The SMILES string of the molecule is CSCC[C@H](NC(=O)CCn1cncn1)c1nc2ccccc2[nH]1. The van der Waals surface area contributed by atoms with E-state index in [2.05, 4.69) is 31.6 Å². The zero-order chi connectivity index (χ0) is 16.8. The molecule has 1 amide bonds. The number of aromatic nitrogens is 5. The molecule has 7 nitrogen and oxygen atoms in total. The molecule has 0 aliphatic heterocycles. The maximum atomic E-state index is 12.3. The molecule has 0 aliphatic carbocycles. The van der Waals surface area contributed by atoms with Crippen molar-refractivity contribution < 1.29 is 4.79 Å². The van der Waals surface area contributed by atoms with Gasteiger partial charge in [-0.05, 0) is 30.6 Å². The zero-order valence-electron chi connectivity index (χ0n) is 13.5. The molecule has 24 heavy (non-hydrogen) atoms. The van der Waals surface area contributed by atoms with Crippen molar-refractivity contribution in [1.29, 1.82) is 0 Å². The quantitative estimate of drug-likeness (QED) is 0.654. The van der Waals surface area contributed by atoms with Crippen molar-refractivity contribution in [3.63, 3.8) is 0 Å². The monoisotopic (exact) mass is 344 g/mol. The summed E-state index contributed by atoms with van der Waals surface area (Å²) in [4.78, 5) is 24.1. The number of amides is 1. The second-order valence-corrected chi connectivity index (χ2v) is 6.43. The van der Waals surface area contributed by atoms with Crippen LogP contribution in [0.1, 0.15) is 24.7 Å². The number of H-pyrrole nitrogens is 1. The summed E-state index contributed by atoms with van der Waals surface area (Å²) in [7, 11) is 0. The third-order valence-corrected chi connectivity index (χ3v) is 4.36. The third-order valence-electron chi connectivity index (χ3n) is 3.72. The normalized spacial score (nSPS) is 12.4. The average Bonchev–Trinajstić information content (AvgIpc) is 3.25. The summed E-state index contributed by atoms with van der Waals surface area (Å²) in [6.45, 7) is 0.515. The Morgan fingerprint density at radius 3 is 3.04 bits per heavy atom. The van der Waals surface area contributed by atoms with E-state index < -0.39 is 0 Å². The number of carbonyl (C=O) groups is 1. The molecule has 126 valence electrons. The first-order valence-corrected chi connectivity index (χ1v) is 9.21. The number of nitrogens with zero attached hydrogens (tertiary/aromatic N) is 4. The van der Waals surface area contributed by atoms with Gasteiger partial charge in [0.25, 0.3) is 0 Å². The van der Waals surface area contributed by atoms with Crippen LogP contribution in [0, 0.1) is 0 Å². The summed E-state index contributed by atoms with van der Waals surface area (Å²) in [5.74, 6) is 1.74. The van der Waals surface area contributed by atoms with Crippen molar-refractivity contribution >= 4 is 28.7 Å². The van der Waals surface area contributed by atoms with E-state index in [1.165, 1.54) is 6.33 Å². The number of hydrogen-bond donors (Lipinski definition) is 2. The molecule has 0 radical (unpaired) electrons. The van der Waals surface area contributed by atoms with Crippen molar-refractivity contribution in [3.05, 3.63) is 42.7 Å². The van der Waals surface area contributed by atoms with Gasteiger partial charge >= 0.3 is 0 Å². The topological polar surface area (TPSA) is 88.5 Å². The fraction of sp³-hybridized carbons (Fsp3) is 0.375. The Morgan fingerprint density at radius 1 is 1.42 bits per heavy atom. The number of carbonyl (C=O) groups excluding carboxylic acids is 1. The molecule has 0 saturated carbocycles. The van der Waals surface area contributed by atoms with Crippen LogP contribution >= 0.6 is 11.8 Å².